The molecule has 2 N–H and O–H groups in total. The molecule has 0 aliphatic heterocycles. The molecule has 5 nitrogen and oxygen atoms in total. The molecule has 0 radical (unpaired) electrons. The Bertz CT molecular complexity index is 1500. The lowest BCUT2D eigenvalue weighted by Crippen LogP contribution is -2.11. The maximum Gasteiger partial charge on any atom is 0.249 e. The third kappa shape index (κ3) is 3.92. The SMILES string of the molecule is NC(=O)c1cccc2c1c1c(OCC=O)cccc1n2Cc1ccccc1Cc1ccccc1. The number of nitrogens with two attached hydrogens (primary N) is 1. The standard InChI is InChI=1S/C29H24N2O3/c30-29(33)23-12-6-13-24-27(23)28-25(14-7-15-26(28)34-17-16-32)31(24)19-22-11-5-4-10-21(22)18-20-8-2-1-3-9-20/h1-16H,17-19H2,(H2,30,33). The average molecular weight is 449 g/mol. The first-order valence-electron chi connectivity index (χ1n) is 11.2. The number of aldehydes is 1. The van der Waals surface area contributed by atoms with Gasteiger partial charge in [-0.05, 0) is 47.4 Å². The Labute approximate surface area is 197 Å². The van der Waals surface area contributed by atoms with E-state index in [0.717, 1.165) is 28.2 Å². The molecule has 0 spiro atoms. The predicted molar refractivity (Wildman–Crippen MR) is 134 cm³/mol. The van der Waals surface area contributed by atoms with Gasteiger partial charge in [0, 0.05) is 17.5 Å². The summed E-state index contributed by atoms with van der Waals surface area (Å²) in [6.45, 7) is 0.548. The van der Waals surface area contributed by atoms with Gasteiger partial charge in [0.25, 0.3) is 0 Å². The van der Waals surface area contributed by atoms with Crippen LogP contribution in [0.15, 0.2) is 91.0 Å². The summed E-state index contributed by atoms with van der Waals surface area (Å²) in [5, 5.41) is 1.53. The van der Waals surface area contributed by atoms with Gasteiger partial charge >= 0.3 is 0 Å². The van der Waals surface area contributed by atoms with Crippen LogP contribution in [0.4, 0.5) is 0 Å². The first-order chi connectivity index (χ1) is 16.7. The molecule has 0 aliphatic carbocycles. The molecule has 5 aromatic rings. The normalized spacial score (nSPS) is 11.1. The smallest absolute Gasteiger partial charge is 0.249 e. The molecule has 5 heteroatoms. The highest BCUT2D eigenvalue weighted by Crippen LogP contribution is 2.38. The molecule has 1 amide bonds. The van der Waals surface area contributed by atoms with E-state index in [9.17, 15) is 9.59 Å². The topological polar surface area (TPSA) is 74.3 Å². The minimum Gasteiger partial charge on any atom is -0.485 e. The van der Waals surface area contributed by atoms with E-state index >= 15 is 0 Å². The molecule has 1 aromatic heterocycles. The van der Waals surface area contributed by atoms with Crippen LogP contribution in [-0.2, 0) is 17.8 Å². The number of hydrogen-bond donors (Lipinski definition) is 1. The van der Waals surface area contributed by atoms with Gasteiger partial charge in [-0.3, -0.25) is 9.59 Å². The van der Waals surface area contributed by atoms with Gasteiger partial charge in [0.1, 0.15) is 12.4 Å². The van der Waals surface area contributed by atoms with E-state index in [1.54, 1.807) is 6.07 Å². The molecule has 34 heavy (non-hydrogen) atoms. The summed E-state index contributed by atoms with van der Waals surface area (Å²) in [5.41, 5.74) is 11.7. The lowest BCUT2D eigenvalue weighted by molar-refractivity contribution is -0.109. The van der Waals surface area contributed by atoms with Gasteiger partial charge < -0.3 is 15.0 Å². The van der Waals surface area contributed by atoms with Gasteiger partial charge in [-0.25, -0.2) is 0 Å². The van der Waals surface area contributed by atoms with E-state index in [1.807, 2.05) is 42.5 Å². The Morgan fingerprint density at radius 3 is 2.21 bits per heavy atom. The largest absolute Gasteiger partial charge is 0.485 e. The fraction of sp³-hybridized carbons (Fsp3) is 0.103. The van der Waals surface area contributed by atoms with Gasteiger partial charge in [-0.2, -0.15) is 0 Å². The van der Waals surface area contributed by atoms with Crippen molar-refractivity contribution in [3.8, 4) is 5.75 Å². The monoisotopic (exact) mass is 448 g/mol. The van der Waals surface area contributed by atoms with E-state index in [0.29, 0.717) is 24.1 Å². The minimum atomic E-state index is -0.501. The Morgan fingerprint density at radius 1 is 0.794 bits per heavy atom. The lowest BCUT2D eigenvalue weighted by Gasteiger charge is -2.13. The van der Waals surface area contributed by atoms with E-state index < -0.39 is 5.91 Å². The molecular weight excluding hydrogens is 424 g/mol. The maximum atomic E-state index is 12.3. The second-order valence-electron chi connectivity index (χ2n) is 8.21. The zero-order valence-electron chi connectivity index (χ0n) is 18.6. The lowest BCUT2D eigenvalue weighted by atomic mass is 9.99. The molecule has 1 heterocycles. The van der Waals surface area contributed by atoms with Crippen LogP contribution in [-0.4, -0.2) is 23.4 Å². The maximum absolute atomic E-state index is 12.3. The molecule has 168 valence electrons. The number of nitrogens with zero attached hydrogens (tertiary/aromatic N) is 1. The third-order valence-corrected chi connectivity index (χ3v) is 6.13. The zero-order valence-corrected chi connectivity index (χ0v) is 18.6. The van der Waals surface area contributed by atoms with Crippen LogP contribution >= 0.6 is 0 Å². The molecule has 0 fully saturated rings. The van der Waals surface area contributed by atoms with Crippen LogP contribution < -0.4 is 10.5 Å². The number of fused-ring (bicyclic) bond motifs is 3. The quantitative estimate of drug-likeness (QED) is 0.335. The van der Waals surface area contributed by atoms with Crippen molar-refractivity contribution in [3.63, 3.8) is 0 Å². The van der Waals surface area contributed by atoms with E-state index in [1.165, 1.54) is 16.7 Å². The van der Waals surface area contributed by atoms with E-state index in [4.69, 9.17) is 10.5 Å². The van der Waals surface area contributed by atoms with Crippen molar-refractivity contribution >= 4 is 34.0 Å². The first kappa shape index (κ1) is 21.5. The highest BCUT2D eigenvalue weighted by molar-refractivity contribution is 6.19. The minimum absolute atomic E-state index is 0.0650. The van der Waals surface area contributed by atoms with Gasteiger partial charge in [0.15, 0.2) is 6.29 Å². The molecule has 0 atom stereocenters. The summed E-state index contributed by atoms with van der Waals surface area (Å²) in [6, 6.07) is 30.1. The van der Waals surface area contributed by atoms with Crippen molar-refractivity contribution in [2.75, 3.05) is 6.61 Å². The average Bonchev–Trinajstić information content (AvgIpc) is 3.18. The highest BCUT2D eigenvalue weighted by atomic mass is 16.5. The van der Waals surface area contributed by atoms with Crippen LogP contribution in [0.5, 0.6) is 5.75 Å². The molecule has 5 rings (SSSR count). The first-order valence-corrected chi connectivity index (χ1v) is 11.2. The van der Waals surface area contributed by atoms with Crippen molar-refractivity contribution < 1.29 is 14.3 Å². The molecule has 0 unspecified atom stereocenters. The van der Waals surface area contributed by atoms with Crippen molar-refractivity contribution in [2.24, 2.45) is 5.73 Å². The van der Waals surface area contributed by atoms with E-state index in [-0.39, 0.29) is 6.61 Å². The fourth-order valence-electron chi connectivity index (χ4n) is 4.64. The Morgan fingerprint density at radius 2 is 1.47 bits per heavy atom. The highest BCUT2D eigenvalue weighted by Gasteiger charge is 2.20. The summed E-state index contributed by atoms with van der Waals surface area (Å²) >= 11 is 0. The van der Waals surface area contributed by atoms with E-state index in [2.05, 4.69) is 47.0 Å². The summed E-state index contributed by atoms with van der Waals surface area (Å²) in [4.78, 5) is 23.3. The summed E-state index contributed by atoms with van der Waals surface area (Å²) in [5.74, 6) is 0.0546. The van der Waals surface area contributed by atoms with Crippen LogP contribution in [0, 0.1) is 0 Å². The third-order valence-electron chi connectivity index (χ3n) is 6.13. The van der Waals surface area contributed by atoms with Crippen LogP contribution in [0.25, 0.3) is 21.8 Å². The number of benzene rings is 4. The van der Waals surface area contributed by atoms with Crippen molar-refractivity contribution in [2.45, 2.75) is 13.0 Å². The Kier molecular flexibility index (Phi) is 5.83. The number of rotatable bonds is 8. The van der Waals surface area contributed by atoms with Crippen LogP contribution in [0.3, 0.4) is 0 Å². The summed E-state index contributed by atoms with van der Waals surface area (Å²) < 4.78 is 7.93. The number of aromatic nitrogens is 1. The second kappa shape index (κ2) is 9.24. The Balaban J connectivity index is 1.70. The number of ether oxygens (including phenoxy) is 1. The van der Waals surface area contributed by atoms with Crippen molar-refractivity contribution in [1.82, 2.24) is 4.57 Å². The van der Waals surface area contributed by atoms with Crippen molar-refractivity contribution in [1.29, 1.82) is 0 Å². The number of hydrogen-bond acceptors (Lipinski definition) is 3. The predicted octanol–water partition coefficient (Wildman–Crippen LogP) is 5.11. The zero-order chi connectivity index (χ0) is 23.5. The van der Waals surface area contributed by atoms with Crippen LogP contribution in [0.2, 0.25) is 0 Å². The van der Waals surface area contributed by atoms with Gasteiger partial charge in [0.05, 0.1) is 16.4 Å². The van der Waals surface area contributed by atoms with Gasteiger partial charge in [-0.1, -0.05) is 66.7 Å². The Hall–Kier alpha value is -4.38. The number of primary amides is 1. The van der Waals surface area contributed by atoms with Crippen LogP contribution in [0.1, 0.15) is 27.0 Å². The molecule has 0 saturated carbocycles. The number of carbonyl (C=O) groups is 2. The molecule has 4 aromatic carbocycles. The molecule has 0 bridgehead atoms. The molecule has 0 aliphatic rings. The number of amides is 1. The molecular formula is C29H24N2O3. The number of carbonyl (C=O) groups excluding carboxylic acids is 2. The fourth-order valence-corrected chi connectivity index (χ4v) is 4.64. The van der Waals surface area contributed by atoms with Crippen molar-refractivity contribution in [3.05, 3.63) is 113 Å². The van der Waals surface area contributed by atoms with Gasteiger partial charge in [0.2, 0.25) is 5.91 Å². The summed E-state index contributed by atoms with van der Waals surface area (Å²) in [7, 11) is 0. The summed E-state index contributed by atoms with van der Waals surface area (Å²) in [6.07, 6.45) is 1.54. The molecule has 0 saturated heterocycles. The van der Waals surface area contributed by atoms with Gasteiger partial charge in [-0.15, -0.1) is 0 Å². The second-order valence-corrected chi connectivity index (χ2v) is 8.21.